The van der Waals surface area contributed by atoms with Gasteiger partial charge in [-0.1, -0.05) is 30.3 Å². The van der Waals surface area contributed by atoms with E-state index in [4.69, 9.17) is 5.73 Å². The molecule has 4 nitrogen and oxygen atoms in total. The maximum Gasteiger partial charge on any atom is 0.254 e. The van der Waals surface area contributed by atoms with Gasteiger partial charge in [0.25, 0.3) is 5.91 Å². The second-order valence-electron chi connectivity index (χ2n) is 7.57. The number of halogens is 2. The summed E-state index contributed by atoms with van der Waals surface area (Å²) in [5.74, 6) is -1.29. The standard InChI is InChI=1S/C21H24F2N2O2/c1-21(2,27)20(26)25-10-9-17(24)18(25)12-14-6-4-8-16(19(14)23)13-5-3-7-15(22)11-13/h3-8,11,17-18,27H,9-10,12,24H2,1-2H3. The van der Waals surface area contributed by atoms with Crippen molar-refractivity contribution in [3.05, 3.63) is 59.7 Å². The van der Waals surface area contributed by atoms with E-state index in [9.17, 15) is 14.3 Å². The quantitative estimate of drug-likeness (QED) is 0.865. The molecule has 1 aliphatic heterocycles. The van der Waals surface area contributed by atoms with Crippen LogP contribution in [-0.2, 0) is 11.2 Å². The number of aliphatic hydroxyl groups is 1. The Morgan fingerprint density at radius 2 is 1.96 bits per heavy atom. The van der Waals surface area contributed by atoms with E-state index in [1.165, 1.54) is 32.0 Å². The Morgan fingerprint density at radius 3 is 2.63 bits per heavy atom. The Labute approximate surface area is 157 Å². The number of hydrogen-bond acceptors (Lipinski definition) is 3. The van der Waals surface area contributed by atoms with E-state index in [1.807, 2.05) is 0 Å². The summed E-state index contributed by atoms with van der Waals surface area (Å²) >= 11 is 0. The molecule has 1 fully saturated rings. The fraction of sp³-hybridized carbons (Fsp3) is 0.381. The Hall–Kier alpha value is -2.31. The second-order valence-corrected chi connectivity index (χ2v) is 7.57. The highest BCUT2D eigenvalue weighted by Gasteiger charge is 2.40. The maximum atomic E-state index is 15.1. The fourth-order valence-electron chi connectivity index (χ4n) is 3.58. The molecular formula is C21H24F2N2O2. The minimum absolute atomic E-state index is 0.234. The van der Waals surface area contributed by atoms with E-state index in [-0.39, 0.29) is 12.5 Å². The van der Waals surface area contributed by atoms with Crippen LogP contribution in [0.3, 0.4) is 0 Å². The fourth-order valence-corrected chi connectivity index (χ4v) is 3.58. The molecule has 3 rings (SSSR count). The molecule has 1 saturated heterocycles. The summed E-state index contributed by atoms with van der Waals surface area (Å²) in [5.41, 5.74) is 5.83. The second kappa shape index (κ2) is 7.37. The van der Waals surface area contributed by atoms with Crippen LogP contribution in [0.1, 0.15) is 25.8 Å². The summed E-state index contributed by atoms with van der Waals surface area (Å²) in [4.78, 5) is 14.0. The van der Waals surface area contributed by atoms with Crippen molar-refractivity contribution in [2.45, 2.75) is 44.4 Å². The van der Waals surface area contributed by atoms with Gasteiger partial charge in [0.15, 0.2) is 0 Å². The van der Waals surface area contributed by atoms with Crippen LogP contribution < -0.4 is 5.73 Å². The zero-order valence-corrected chi connectivity index (χ0v) is 15.5. The third-order valence-corrected chi connectivity index (χ3v) is 5.03. The number of carbonyl (C=O) groups excluding carboxylic acids is 1. The summed E-state index contributed by atoms with van der Waals surface area (Å²) in [6, 6.07) is 10.0. The molecule has 2 unspecified atom stereocenters. The molecule has 0 saturated carbocycles. The van der Waals surface area contributed by atoms with Crippen molar-refractivity contribution in [3.63, 3.8) is 0 Å². The van der Waals surface area contributed by atoms with Gasteiger partial charge in [-0.25, -0.2) is 8.78 Å². The molecule has 1 aliphatic rings. The topological polar surface area (TPSA) is 66.6 Å². The Balaban J connectivity index is 1.91. The minimum Gasteiger partial charge on any atom is -0.381 e. The summed E-state index contributed by atoms with van der Waals surface area (Å²) in [5, 5.41) is 10.0. The normalized spacial score (nSPS) is 20.1. The molecule has 1 amide bonds. The predicted molar refractivity (Wildman–Crippen MR) is 99.9 cm³/mol. The third kappa shape index (κ3) is 4.01. The molecule has 6 heteroatoms. The highest BCUT2D eigenvalue weighted by atomic mass is 19.1. The molecule has 0 aromatic heterocycles. The molecule has 27 heavy (non-hydrogen) atoms. The molecule has 3 N–H and O–H groups in total. The van der Waals surface area contributed by atoms with Crippen LogP contribution in [0.4, 0.5) is 8.78 Å². The lowest BCUT2D eigenvalue weighted by Gasteiger charge is -2.31. The smallest absolute Gasteiger partial charge is 0.254 e. The van der Waals surface area contributed by atoms with Crippen molar-refractivity contribution < 1.29 is 18.7 Å². The molecule has 0 spiro atoms. The number of nitrogens with two attached hydrogens (primary N) is 1. The van der Waals surface area contributed by atoms with Crippen LogP contribution in [0.25, 0.3) is 11.1 Å². The number of rotatable bonds is 4. The van der Waals surface area contributed by atoms with Gasteiger partial charge < -0.3 is 15.7 Å². The average Bonchev–Trinajstić information content (AvgIpc) is 2.96. The van der Waals surface area contributed by atoms with E-state index in [1.54, 1.807) is 29.2 Å². The van der Waals surface area contributed by atoms with E-state index in [0.717, 1.165) is 0 Å². The molecule has 144 valence electrons. The van der Waals surface area contributed by atoms with Crippen LogP contribution in [0.2, 0.25) is 0 Å². The molecule has 0 aliphatic carbocycles. The summed E-state index contributed by atoms with van der Waals surface area (Å²) in [6.45, 7) is 3.29. The SMILES string of the molecule is CC(C)(O)C(=O)N1CCC(N)C1Cc1cccc(-c2cccc(F)c2)c1F. The number of hydrogen-bond donors (Lipinski definition) is 2. The van der Waals surface area contributed by atoms with Crippen LogP contribution >= 0.6 is 0 Å². The van der Waals surface area contributed by atoms with E-state index < -0.39 is 29.2 Å². The molecule has 2 aromatic rings. The van der Waals surface area contributed by atoms with E-state index in [0.29, 0.717) is 29.7 Å². The van der Waals surface area contributed by atoms with Crippen molar-refractivity contribution in [1.82, 2.24) is 4.90 Å². The van der Waals surface area contributed by atoms with Gasteiger partial charge >= 0.3 is 0 Å². The third-order valence-electron chi connectivity index (χ3n) is 5.03. The lowest BCUT2D eigenvalue weighted by atomic mass is 9.95. The molecule has 2 atom stereocenters. The first kappa shape index (κ1) is 19.5. The first-order chi connectivity index (χ1) is 12.7. The zero-order valence-electron chi connectivity index (χ0n) is 15.5. The van der Waals surface area contributed by atoms with Gasteiger partial charge in [0.05, 0.1) is 6.04 Å². The van der Waals surface area contributed by atoms with Crippen LogP contribution in [0, 0.1) is 11.6 Å². The number of amides is 1. The van der Waals surface area contributed by atoms with Gasteiger partial charge in [-0.2, -0.15) is 0 Å². The van der Waals surface area contributed by atoms with Gasteiger partial charge in [-0.05, 0) is 49.9 Å². The number of benzene rings is 2. The maximum absolute atomic E-state index is 15.1. The summed E-state index contributed by atoms with van der Waals surface area (Å²) < 4.78 is 28.6. The predicted octanol–water partition coefficient (Wildman–Crippen LogP) is 2.87. The number of likely N-dealkylation sites (tertiary alicyclic amines) is 1. The molecule has 0 bridgehead atoms. The summed E-state index contributed by atoms with van der Waals surface area (Å²) in [6.07, 6.45) is 0.829. The summed E-state index contributed by atoms with van der Waals surface area (Å²) in [7, 11) is 0. The van der Waals surface area contributed by atoms with Gasteiger partial charge in [0.1, 0.15) is 17.2 Å². The first-order valence-corrected chi connectivity index (χ1v) is 9.01. The highest BCUT2D eigenvalue weighted by Crippen LogP contribution is 2.29. The number of nitrogens with zero attached hydrogens (tertiary/aromatic N) is 1. The molecule has 2 aromatic carbocycles. The zero-order chi connectivity index (χ0) is 19.8. The lowest BCUT2D eigenvalue weighted by Crippen LogP contribution is -2.51. The number of carbonyl (C=O) groups is 1. The van der Waals surface area contributed by atoms with Crippen molar-refractivity contribution >= 4 is 5.91 Å². The Kier molecular flexibility index (Phi) is 5.31. The lowest BCUT2D eigenvalue weighted by molar-refractivity contribution is -0.148. The molecule has 0 radical (unpaired) electrons. The van der Waals surface area contributed by atoms with Gasteiger partial charge in [-0.15, -0.1) is 0 Å². The van der Waals surface area contributed by atoms with E-state index >= 15 is 4.39 Å². The van der Waals surface area contributed by atoms with E-state index in [2.05, 4.69) is 0 Å². The van der Waals surface area contributed by atoms with Crippen molar-refractivity contribution in [2.24, 2.45) is 5.73 Å². The van der Waals surface area contributed by atoms with Crippen molar-refractivity contribution in [2.75, 3.05) is 6.54 Å². The Morgan fingerprint density at radius 1 is 1.26 bits per heavy atom. The van der Waals surface area contributed by atoms with Crippen LogP contribution in [0.5, 0.6) is 0 Å². The molecule has 1 heterocycles. The van der Waals surface area contributed by atoms with Crippen molar-refractivity contribution in [1.29, 1.82) is 0 Å². The Bertz CT molecular complexity index is 848. The van der Waals surface area contributed by atoms with Gasteiger partial charge in [0.2, 0.25) is 0 Å². The first-order valence-electron chi connectivity index (χ1n) is 9.01. The van der Waals surface area contributed by atoms with Gasteiger partial charge in [-0.3, -0.25) is 4.79 Å². The monoisotopic (exact) mass is 374 g/mol. The van der Waals surface area contributed by atoms with Crippen LogP contribution in [-0.4, -0.2) is 40.1 Å². The minimum atomic E-state index is -1.51. The van der Waals surface area contributed by atoms with Gasteiger partial charge in [0, 0.05) is 18.2 Å². The molecular weight excluding hydrogens is 350 g/mol. The highest BCUT2D eigenvalue weighted by molar-refractivity contribution is 5.84. The van der Waals surface area contributed by atoms with Crippen molar-refractivity contribution in [3.8, 4) is 11.1 Å². The van der Waals surface area contributed by atoms with Crippen LogP contribution in [0.15, 0.2) is 42.5 Å². The average molecular weight is 374 g/mol. The largest absolute Gasteiger partial charge is 0.381 e.